The number of hydrogen-bond donors (Lipinski definition) is 0. The molecule has 0 saturated carbocycles. The van der Waals surface area contributed by atoms with E-state index in [0.717, 1.165) is 62.0 Å². The van der Waals surface area contributed by atoms with Gasteiger partial charge in [-0.05, 0) is 121 Å². The molecule has 0 aromatic heterocycles. The molecule has 252 valence electrons. The van der Waals surface area contributed by atoms with E-state index >= 15 is 0 Å². The molecule has 2 heteroatoms. The van der Waals surface area contributed by atoms with Crippen molar-refractivity contribution in [1.29, 1.82) is 0 Å². The molecule has 0 heterocycles. The van der Waals surface area contributed by atoms with Crippen molar-refractivity contribution in [2.75, 3.05) is 9.80 Å². The number of hydrogen-bond acceptors (Lipinski definition) is 2. The molecule has 0 unspecified atom stereocenters. The second-order valence-corrected chi connectivity index (χ2v) is 13.0. The molecule has 7 rings (SSSR count). The fourth-order valence-corrected chi connectivity index (χ4v) is 6.36. The Kier molecular flexibility index (Phi) is 10.4. The lowest BCUT2D eigenvalue weighted by molar-refractivity contribution is 1.27. The van der Waals surface area contributed by atoms with Gasteiger partial charge in [-0.3, -0.25) is 0 Å². The summed E-state index contributed by atoms with van der Waals surface area (Å²) < 4.78 is 0. The molecule has 0 fully saturated rings. The summed E-state index contributed by atoms with van der Waals surface area (Å²) >= 11 is 0. The predicted octanol–water partition coefficient (Wildman–Crippen LogP) is 14.2. The molecule has 0 N–H and O–H groups in total. The first-order chi connectivity index (χ1) is 25.5. The molecule has 7 aromatic carbocycles. The molecule has 0 bridgehead atoms. The van der Waals surface area contributed by atoms with E-state index in [4.69, 9.17) is 0 Å². The lowest BCUT2D eigenvalue weighted by Crippen LogP contribution is -2.09. The molecule has 0 spiro atoms. The fraction of sp³-hybridized carbons (Fsp3) is 0.0400. The van der Waals surface area contributed by atoms with Crippen molar-refractivity contribution in [3.63, 3.8) is 0 Å². The van der Waals surface area contributed by atoms with Crippen LogP contribution in [0, 0.1) is 13.8 Å². The Balaban J connectivity index is 1.09. The predicted molar refractivity (Wildman–Crippen MR) is 224 cm³/mol. The summed E-state index contributed by atoms with van der Waals surface area (Å²) in [6.45, 7) is 8.65. The fourth-order valence-electron chi connectivity index (χ4n) is 6.36. The number of benzene rings is 7. The van der Waals surface area contributed by atoms with Crippen molar-refractivity contribution >= 4 is 45.8 Å². The van der Waals surface area contributed by atoms with Crippen LogP contribution in [-0.2, 0) is 0 Å². The first-order valence-electron chi connectivity index (χ1n) is 17.7. The normalized spacial score (nSPS) is 11.2. The maximum Gasteiger partial charge on any atom is 0.0467 e. The highest BCUT2D eigenvalue weighted by atomic mass is 15.1. The van der Waals surface area contributed by atoms with E-state index < -0.39 is 0 Å². The minimum Gasteiger partial charge on any atom is -0.310 e. The van der Waals surface area contributed by atoms with E-state index in [1.807, 2.05) is 0 Å². The highest BCUT2D eigenvalue weighted by Crippen LogP contribution is 2.37. The third-order valence-electron chi connectivity index (χ3n) is 9.11. The Labute approximate surface area is 308 Å². The molecule has 0 aliphatic carbocycles. The zero-order chi connectivity index (χ0) is 35.7. The number of anilines is 6. The lowest BCUT2D eigenvalue weighted by Gasteiger charge is -2.26. The zero-order valence-electron chi connectivity index (χ0n) is 29.7. The molecule has 0 saturated heterocycles. The molecule has 0 aliphatic rings. The molecular formula is C50H42N2. The maximum atomic E-state index is 4.41. The van der Waals surface area contributed by atoms with Crippen LogP contribution < -0.4 is 9.80 Å². The van der Waals surface area contributed by atoms with E-state index in [9.17, 15) is 0 Å². The van der Waals surface area contributed by atoms with Gasteiger partial charge in [0, 0.05) is 34.1 Å². The van der Waals surface area contributed by atoms with Crippen LogP contribution in [0.1, 0.15) is 22.3 Å². The van der Waals surface area contributed by atoms with Crippen LogP contribution >= 0.6 is 0 Å². The van der Waals surface area contributed by atoms with Crippen molar-refractivity contribution in [3.8, 4) is 11.1 Å². The van der Waals surface area contributed by atoms with Crippen molar-refractivity contribution in [2.24, 2.45) is 0 Å². The number of para-hydroxylation sites is 2. The number of rotatable bonds is 11. The Morgan fingerprint density at radius 1 is 0.423 bits per heavy atom. The van der Waals surface area contributed by atoms with E-state index in [1.165, 1.54) is 11.1 Å². The van der Waals surface area contributed by atoms with Gasteiger partial charge in [0.1, 0.15) is 0 Å². The first kappa shape index (κ1) is 33.8. The Hall–Kier alpha value is -6.64. The molecule has 0 atom stereocenters. The quantitative estimate of drug-likeness (QED) is 0.126. The summed E-state index contributed by atoms with van der Waals surface area (Å²) in [5, 5.41) is 0. The standard InChI is InChI=1S/C50H42N2/c1-38-27-31-47(32-28-38)51(45-21-6-4-7-22-45)49-25-12-17-41(35-49)16-11-10-15-40(3)42-18-13-19-43(36-42)44-20-14-26-50(37-44)52(46-23-8-5-9-24-46)48-33-29-39(2)30-34-48/h4-37H,3H2,1-2H3/b15-10-,16-11+. The molecular weight excluding hydrogens is 629 g/mol. The van der Waals surface area contributed by atoms with Gasteiger partial charge in [0.2, 0.25) is 0 Å². The first-order valence-corrected chi connectivity index (χ1v) is 17.7. The van der Waals surface area contributed by atoms with Crippen LogP contribution in [-0.4, -0.2) is 0 Å². The summed E-state index contributed by atoms with van der Waals surface area (Å²) in [6, 6.07) is 64.4. The summed E-state index contributed by atoms with van der Waals surface area (Å²) in [5.74, 6) is 0. The number of nitrogens with zero attached hydrogens (tertiary/aromatic N) is 2. The second-order valence-electron chi connectivity index (χ2n) is 13.0. The van der Waals surface area contributed by atoms with Crippen LogP contribution in [0.5, 0.6) is 0 Å². The topological polar surface area (TPSA) is 6.48 Å². The molecule has 0 radical (unpaired) electrons. The Morgan fingerprint density at radius 3 is 1.46 bits per heavy atom. The minimum atomic E-state index is 0.955. The minimum absolute atomic E-state index is 0.955. The van der Waals surface area contributed by atoms with Gasteiger partial charge in [-0.25, -0.2) is 0 Å². The smallest absolute Gasteiger partial charge is 0.0467 e. The highest BCUT2D eigenvalue weighted by molar-refractivity contribution is 5.82. The van der Waals surface area contributed by atoms with Gasteiger partial charge in [0.05, 0.1) is 0 Å². The summed E-state index contributed by atoms with van der Waals surface area (Å²) in [5.41, 5.74) is 14.7. The van der Waals surface area contributed by atoms with Gasteiger partial charge in [-0.1, -0.05) is 145 Å². The average molecular weight is 671 g/mol. The van der Waals surface area contributed by atoms with E-state index in [-0.39, 0.29) is 0 Å². The number of allylic oxidation sites excluding steroid dienone is 4. The second kappa shape index (κ2) is 15.9. The number of aryl methyl sites for hydroxylation is 2. The molecule has 2 nitrogen and oxygen atoms in total. The van der Waals surface area contributed by atoms with Gasteiger partial charge < -0.3 is 9.80 Å². The van der Waals surface area contributed by atoms with Gasteiger partial charge in [-0.15, -0.1) is 0 Å². The third-order valence-corrected chi connectivity index (χ3v) is 9.11. The molecule has 7 aromatic rings. The Bertz CT molecular complexity index is 2320. The summed E-state index contributed by atoms with van der Waals surface area (Å²) in [4.78, 5) is 4.59. The summed E-state index contributed by atoms with van der Waals surface area (Å²) in [7, 11) is 0. The van der Waals surface area contributed by atoms with Gasteiger partial charge in [-0.2, -0.15) is 0 Å². The van der Waals surface area contributed by atoms with Crippen LogP contribution in [0.25, 0.3) is 22.8 Å². The average Bonchev–Trinajstić information content (AvgIpc) is 3.19. The van der Waals surface area contributed by atoms with Crippen LogP contribution in [0.4, 0.5) is 34.1 Å². The summed E-state index contributed by atoms with van der Waals surface area (Å²) in [6.07, 6.45) is 8.36. The molecule has 0 amide bonds. The van der Waals surface area contributed by atoms with Gasteiger partial charge in [0.25, 0.3) is 0 Å². The van der Waals surface area contributed by atoms with Crippen molar-refractivity contribution in [2.45, 2.75) is 13.8 Å². The molecule has 0 aliphatic heterocycles. The highest BCUT2D eigenvalue weighted by Gasteiger charge is 2.14. The van der Waals surface area contributed by atoms with E-state index in [1.54, 1.807) is 0 Å². The monoisotopic (exact) mass is 670 g/mol. The zero-order valence-corrected chi connectivity index (χ0v) is 29.7. The largest absolute Gasteiger partial charge is 0.310 e. The lowest BCUT2D eigenvalue weighted by atomic mass is 9.99. The van der Waals surface area contributed by atoms with Crippen LogP contribution in [0.2, 0.25) is 0 Å². The van der Waals surface area contributed by atoms with Crippen LogP contribution in [0.3, 0.4) is 0 Å². The van der Waals surface area contributed by atoms with Gasteiger partial charge in [0.15, 0.2) is 0 Å². The van der Waals surface area contributed by atoms with E-state index in [0.29, 0.717) is 0 Å². The van der Waals surface area contributed by atoms with Crippen LogP contribution in [0.15, 0.2) is 207 Å². The Morgan fingerprint density at radius 2 is 0.885 bits per heavy atom. The van der Waals surface area contributed by atoms with Gasteiger partial charge >= 0.3 is 0 Å². The SMILES string of the molecule is C=C(/C=C\C=C\c1cccc(N(c2ccccc2)c2ccc(C)cc2)c1)c1cccc(-c2cccc(N(c3ccccc3)c3ccc(C)cc3)c2)c1. The van der Waals surface area contributed by atoms with Crippen molar-refractivity contribution in [1.82, 2.24) is 0 Å². The van der Waals surface area contributed by atoms with Crippen molar-refractivity contribution in [3.05, 3.63) is 229 Å². The molecule has 52 heavy (non-hydrogen) atoms. The van der Waals surface area contributed by atoms with E-state index in [2.05, 4.69) is 237 Å². The maximum absolute atomic E-state index is 4.41. The third kappa shape index (κ3) is 8.04. The van der Waals surface area contributed by atoms with Crippen molar-refractivity contribution < 1.29 is 0 Å².